The molecule has 0 rings (SSSR count). The lowest BCUT2D eigenvalue weighted by Gasteiger charge is -2.18. The van der Waals surface area contributed by atoms with Crippen LogP contribution in [0.15, 0.2) is 36.5 Å². The molecule has 6 heteroatoms. The van der Waals surface area contributed by atoms with Gasteiger partial charge in [-0.2, -0.15) is 0 Å². The van der Waals surface area contributed by atoms with E-state index in [1.807, 2.05) is 0 Å². The normalized spacial score (nSPS) is 12.2. The van der Waals surface area contributed by atoms with Crippen molar-refractivity contribution in [1.29, 1.82) is 0 Å². The Morgan fingerprint density at radius 1 is 0.339 bits per heavy atom. The molecule has 0 aliphatic carbocycles. The number of carbonyl (C=O) groups is 3. The van der Waals surface area contributed by atoms with Crippen LogP contribution in [0, 0.1) is 0 Å². The minimum absolute atomic E-state index is 0.0796. The van der Waals surface area contributed by atoms with E-state index in [1.165, 1.54) is 148 Å². The van der Waals surface area contributed by atoms with Crippen LogP contribution >= 0.6 is 0 Å². The molecule has 0 N–H and O–H groups in total. The Balaban J connectivity index is 4.33. The number of hydrogen-bond donors (Lipinski definition) is 0. The predicted molar refractivity (Wildman–Crippen MR) is 266 cm³/mol. The topological polar surface area (TPSA) is 78.9 Å². The van der Waals surface area contributed by atoms with Crippen molar-refractivity contribution in [1.82, 2.24) is 0 Å². The van der Waals surface area contributed by atoms with Crippen molar-refractivity contribution < 1.29 is 28.6 Å². The summed E-state index contributed by atoms with van der Waals surface area (Å²) in [5, 5.41) is 0. The summed E-state index contributed by atoms with van der Waals surface area (Å²) in [5.74, 6) is -0.899. The number of rotatable bonds is 49. The molecule has 0 aromatic rings. The average molecular weight is 871 g/mol. The van der Waals surface area contributed by atoms with E-state index in [-0.39, 0.29) is 31.1 Å². The van der Waals surface area contributed by atoms with Crippen molar-refractivity contribution in [2.45, 2.75) is 290 Å². The fourth-order valence-electron chi connectivity index (χ4n) is 7.83. The van der Waals surface area contributed by atoms with Crippen LogP contribution in [0.5, 0.6) is 0 Å². The van der Waals surface area contributed by atoms with E-state index in [0.717, 1.165) is 96.3 Å². The van der Waals surface area contributed by atoms with Crippen LogP contribution in [0.4, 0.5) is 0 Å². The molecule has 0 radical (unpaired) electrons. The number of hydrogen-bond acceptors (Lipinski definition) is 6. The first-order valence-corrected chi connectivity index (χ1v) is 27.0. The van der Waals surface area contributed by atoms with Crippen molar-refractivity contribution >= 4 is 17.9 Å². The van der Waals surface area contributed by atoms with E-state index in [4.69, 9.17) is 14.2 Å². The molecule has 1 atom stereocenters. The molecule has 1 unspecified atom stereocenters. The first kappa shape index (κ1) is 59.6. The van der Waals surface area contributed by atoms with E-state index in [9.17, 15) is 14.4 Å². The molecular weight excluding hydrogens is 769 g/mol. The highest BCUT2D eigenvalue weighted by molar-refractivity contribution is 5.71. The SMILES string of the molecule is CC/C=C\C/C=C\CCCCCCCC(=O)OCC(COC(=O)CCCCCCCCCCCCCCCCCCCC)OC(=O)CCCCC/C=C\CCCCCCCCC. The third-order valence-corrected chi connectivity index (χ3v) is 11.9. The molecule has 0 aromatic carbocycles. The number of ether oxygens (including phenoxy) is 3. The van der Waals surface area contributed by atoms with Crippen molar-refractivity contribution in [3.05, 3.63) is 36.5 Å². The summed E-state index contributed by atoms with van der Waals surface area (Å²) >= 11 is 0. The molecule has 0 aliphatic rings. The zero-order valence-corrected chi connectivity index (χ0v) is 41.4. The molecule has 0 aliphatic heterocycles. The van der Waals surface area contributed by atoms with E-state index in [2.05, 4.69) is 57.2 Å². The minimum atomic E-state index is -0.782. The maximum absolute atomic E-state index is 12.8. The Kier molecular flexibility index (Phi) is 49.3. The van der Waals surface area contributed by atoms with Crippen molar-refractivity contribution in [3.8, 4) is 0 Å². The lowest BCUT2D eigenvalue weighted by atomic mass is 10.0. The summed E-state index contributed by atoms with van der Waals surface area (Å²) in [5.41, 5.74) is 0. The van der Waals surface area contributed by atoms with Crippen LogP contribution in [0.1, 0.15) is 284 Å². The van der Waals surface area contributed by atoms with Gasteiger partial charge in [0.05, 0.1) is 0 Å². The summed E-state index contributed by atoms with van der Waals surface area (Å²) in [6, 6.07) is 0. The molecule has 0 fully saturated rings. The molecule has 362 valence electrons. The smallest absolute Gasteiger partial charge is 0.306 e. The second kappa shape index (κ2) is 51.3. The monoisotopic (exact) mass is 871 g/mol. The summed E-state index contributed by atoms with van der Waals surface area (Å²) in [6.45, 7) is 6.53. The molecule has 0 saturated heterocycles. The van der Waals surface area contributed by atoms with Crippen LogP contribution in [0.3, 0.4) is 0 Å². The summed E-state index contributed by atoms with van der Waals surface area (Å²) in [7, 11) is 0. The standard InChI is InChI=1S/C56H102O6/c1-4-7-10-13-16-19-22-25-27-28-29-30-32-34-37-40-43-46-49-55(58)61-52-53(51-60-54(57)48-45-42-39-36-33-24-21-18-15-12-9-6-3)62-56(59)50-47-44-41-38-35-31-26-23-20-17-14-11-8-5-2/h9,12,18,21,31,35,53H,4-8,10-11,13-17,19-20,22-30,32-34,36-52H2,1-3H3/b12-9-,21-18-,35-31-. The lowest BCUT2D eigenvalue weighted by Crippen LogP contribution is -2.30. The van der Waals surface area contributed by atoms with Gasteiger partial charge in [-0.1, -0.05) is 231 Å². The average Bonchev–Trinajstić information content (AvgIpc) is 3.27. The molecule has 0 saturated carbocycles. The Morgan fingerprint density at radius 3 is 1.00 bits per heavy atom. The van der Waals surface area contributed by atoms with Crippen molar-refractivity contribution in [2.75, 3.05) is 13.2 Å². The Morgan fingerprint density at radius 2 is 0.629 bits per heavy atom. The lowest BCUT2D eigenvalue weighted by molar-refractivity contribution is -0.167. The molecule has 0 bridgehead atoms. The maximum Gasteiger partial charge on any atom is 0.306 e. The van der Waals surface area contributed by atoms with Crippen molar-refractivity contribution in [3.63, 3.8) is 0 Å². The third-order valence-electron chi connectivity index (χ3n) is 11.9. The van der Waals surface area contributed by atoms with E-state index >= 15 is 0 Å². The van der Waals surface area contributed by atoms with Gasteiger partial charge in [-0.05, 0) is 70.6 Å². The highest BCUT2D eigenvalue weighted by Crippen LogP contribution is 2.16. The molecule has 0 heterocycles. The number of allylic oxidation sites excluding steroid dienone is 6. The fourth-order valence-corrected chi connectivity index (χ4v) is 7.83. The molecular formula is C56H102O6. The highest BCUT2D eigenvalue weighted by atomic mass is 16.6. The van der Waals surface area contributed by atoms with Gasteiger partial charge in [-0.25, -0.2) is 0 Å². The largest absolute Gasteiger partial charge is 0.462 e. The second-order valence-electron chi connectivity index (χ2n) is 18.1. The Labute approximate surface area is 385 Å². The fraction of sp³-hybridized carbons (Fsp3) is 0.839. The van der Waals surface area contributed by atoms with Gasteiger partial charge in [-0.15, -0.1) is 0 Å². The van der Waals surface area contributed by atoms with Gasteiger partial charge in [0.15, 0.2) is 6.10 Å². The maximum atomic E-state index is 12.8. The number of carbonyl (C=O) groups excluding carboxylic acids is 3. The van der Waals surface area contributed by atoms with Gasteiger partial charge in [0.1, 0.15) is 13.2 Å². The van der Waals surface area contributed by atoms with E-state index in [0.29, 0.717) is 19.3 Å². The van der Waals surface area contributed by atoms with Gasteiger partial charge in [0.2, 0.25) is 0 Å². The summed E-state index contributed by atoms with van der Waals surface area (Å²) in [6.07, 6.45) is 59.9. The Bertz CT molecular complexity index is 1050. The van der Waals surface area contributed by atoms with Crippen LogP contribution in [-0.4, -0.2) is 37.2 Å². The minimum Gasteiger partial charge on any atom is -0.462 e. The van der Waals surface area contributed by atoms with E-state index in [1.54, 1.807) is 0 Å². The molecule has 0 aromatic heterocycles. The van der Waals surface area contributed by atoms with Crippen LogP contribution in [0.2, 0.25) is 0 Å². The van der Waals surface area contributed by atoms with Crippen LogP contribution in [-0.2, 0) is 28.6 Å². The second-order valence-corrected chi connectivity index (χ2v) is 18.1. The summed E-state index contributed by atoms with van der Waals surface area (Å²) < 4.78 is 16.8. The van der Waals surface area contributed by atoms with Gasteiger partial charge >= 0.3 is 17.9 Å². The van der Waals surface area contributed by atoms with Gasteiger partial charge in [-0.3, -0.25) is 14.4 Å². The van der Waals surface area contributed by atoms with Crippen LogP contribution in [0.25, 0.3) is 0 Å². The molecule has 0 spiro atoms. The molecule has 6 nitrogen and oxygen atoms in total. The number of esters is 3. The highest BCUT2D eigenvalue weighted by Gasteiger charge is 2.19. The summed E-state index contributed by atoms with van der Waals surface area (Å²) in [4.78, 5) is 38.0. The van der Waals surface area contributed by atoms with Gasteiger partial charge in [0.25, 0.3) is 0 Å². The zero-order valence-electron chi connectivity index (χ0n) is 41.4. The predicted octanol–water partition coefficient (Wildman–Crippen LogP) is 17.7. The first-order valence-electron chi connectivity index (χ1n) is 27.0. The number of unbranched alkanes of at least 4 members (excludes halogenated alkanes) is 32. The quantitative estimate of drug-likeness (QED) is 0.0262. The van der Waals surface area contributed by atoms with E-state index < -0.39 is 6.10 Å². The molecule has 0 amide bonds. The van der Waals surface area contributed by atoms with Gasteiger partial charge < -0.3 is 14.2 Å². The van der Waals surface area contributed by atoms with Crippen LogP contribution < -0.4 is 0 Å². The molecule has 62 heavy (non-hydrogen) atoms. The first-order chi connectivity index (χ1) is 30.5. The third kappa shape index (κ3) is 48.7. The Hall–Kier alpha value is -2.37. The zero-order chi connectivity index (χ0) is 45.1. The van der Waals surface area contributed by atoms with Gasteiger partial charge in [0, 0.05) is 19.3 Å². The van der Waals surface area contributed by atoms with Crippen molar-refractivity contribution in [2.24, 2.45) is 0 Å².